The molecule has 1 aromatic carbocycles. The number of halogens is 5. The monoisotopic (exact) mass is 299 g/mol. The Morgan fingerprint density at radius 1 is 0.950 bits per heavy atom. The number of hydrogen-bond acceptors (Lipinski definition) is 3. The number of aliphatic hydroxyl groups excluding tert-OH is 1. The second-order valence-electron chi connectivity index (χ2n) is 4.41. The Morgan fingerprint density at radius 2 is 1.40 bits per heavy atom. The molecule has 0 spiro atoms. The molecule has 0 radical (unpaired) electrons. The maximum atomic E-state index is 13.3. The zero-order valence-corrected chi connectivity index (χ0v) is 10.8. The van der Waals surface area contributed by atoms with Crippen LogP contribution in [0.5, 0.6) is 5.75 Å². The molecule has 1 atom stereocenters. The highest BCUT2D eigenvalue weighted by atomic mass is 19.2. The predicted octanol–water partition coefficient (Wildman–Crippen LogP) is 2.12. The summed E-state index contributed by atoms with van der Waals surface area (Å²) < 4.78 is 69.8. The van der Waals surface area contributed by atoms with E-state index in [-0.39, 0.29) is 6.04 Å². The number of ether oxygens (including phenoxy) is 1. The third-order valence-corrected chi connectivity index (χ3v) is 2.39. The van der Waals surface area contributed by atoms with Crippen LogP contribution in [0, 0.1) is 29.1 Å². The molecule has 0 saturated carbocycles. The van der Waals surface area contributed by atoms with Crippen LogP contribution in [0.1, 0.15) is 13.8 Å². The second-order valence-corrected chi connectivity index (χ2v) is 4.41. The number of rotatable bonds is 6. The van der Waals surface area contributed by atoms with Crippen molar-refractivity contribution in [2.24, 2.45) is 0 Å². The SMILES string of the molecule is CC(C)NC(CO)COc1c(F)c(F)c(F)c(F)c1F. The van der Waals surface area contributed by atoms with Crippen molar-refractivity contribution in [3.63, 3.8) is 0 Å². The van der Waals surface area contributed by atoms with Crippen LogP contribution >= 0.6 is 0 Å². The average Bonchev–Trinajstić information content (AvgIpc) is 2.41. The molecule has 8 heteroatoms. The standard InChI is InChI=1S/C12H14F5NO2/c1-5(2)18-6(3-19)4-20-12-10(16)8(14)7(13)9(15)11(12)17/h5-6,18-19H,3-4H2,1-2H3. The van der Waals surface area contributed by atoms with Crippen LogP contribution in [-0.4, -0.2) is 30.4 Å². The maximum absolute atomic E-state index is 13.3. The summed E-state index contributed by atoms with van der Waals surface area (Å²) in [5, 5.41) is 11.8. The summed E-state index contributed by atoms with van der Waals surface area (Å²) in [5.41, 5.74) is 0. The van der Waals surface area contributed by atoms with Gasteiger partial charge in [-0.15, -0.1) is 0 Å². The van der Waals surface area contributed by atoms with E-state index < -0.39 is 54.1 Å². The number of hydrogen-bond donors (Lipinski definition) is 2. The molecule has 1 unspecified atom stereocenters. The lowest BCUT2D eigenvalue weighted by Crippen LogP contribution is -2.41. The van der Waals surface area contributed by atoms with Crippen molar-refractivity contribution < 1.29 is 31.8 Å². The van der Waals surface area contributed by atoms with Crippen LogP contribution in [0.2, 0.25) is 0 Å². The molecule has 0 bridgehead atoms. The zero-order valence-electron chi connectivity index (χ0n) is 10.8. The summed E-state index contributed by atoms with van der Waals surface area (Å²) in [4.78, 5) is 0. The van der Waals surface area contributed by atoms with Gasteiger partial charge >= 0.3 is 0 Å². The van der Waals surface area contributed by atoms with Gasteiger partial charge in [-0.05, 0) is 0 Å². The van der Waals surface area contributed by atoms with Crippen LogP contribution < -0.4 is 10.1 Å². The van der Waals surface area contributed by atoms with Gasteiger partial charge in [0.05, 0.1) is 12.6 Å². The summed E-state index contributed by atoms with van der Waals surface area (Å²) in [7, 11) is 0. The Balaban J connectivity index is 2.93. The smallest absolute Gasteiger partial charge is 0.206 e. The number of aliphatic hydroxyl groups is 1. The first kappa shape index (κ1) is 16.6. The Bertz CT molecular complexity index is 452. The molecule has 0 fully saturated rings. The van der Waals surface area contributed by atoms with Crippen LogP contribution in [-0.2, 0) is 0 Å². The van der Waals surface area contributed by atoms with Crippen molar-refractivity contribution in [3.05, 3.63) is 29.1 Å². The second kappa shape index (κ2) is 6.85. The molecular formula is C12H14F5NO2. The molecule has 3 nitrogen and oxygen atoms in total. The van der Waals surface area contributed by atoms with Crippen molar-refractivity contribution in [1.82, 2.24) is 5.32 Å². The summed E-state index contributed by atoms with van der Waals surface area (Å²) in [6, 6.07) is -0.767. The van der Waals surface area contributed by atoms with Gasteiger partial charge in [0.1, 0.15) is 6.61 Å². The van der Waals surface area contributed by atoms with Crippen LogP contribution in [0.15, 0.2) is 0 Å². The van der Waals surface area contributed by atoms with E-state index in [1.165, 1.54) is 0 Å². The van der Waals surface area contributed by atoms with Gasteiger partial charge in [-0.2, -0.15) is 8.78 Å². The van der Waals surface area contributed by atoms with E-state index in [1.807, 2.05) is 0 Å². The van der Waals surface area contributed by atoms with Gasteiger partial charge in [0.15, 0.2) is 5.75 Å². The molecule has 0 aliphatic carbocycles. The first-order valence-electron chi connectivity index (χ1n) is 5.80. The first-order chi connectivity index (χ1) is 9.29. The number of benzene rings is 1. The molecule has 0 aromatic heterocycles. The Labute approximate surface area is 112 Å². The molecule has 20 heavy (non-hydrogen) atoms. The van der Waals surface area contributed by atoms with Gasteiger partial charge in [0.25, 0.3) is 0 Å². The highest BCUT2D eigenvalue weighted by molar-refractivity contribution is 5.29. The third-order valence-electron chi connectivity index (χ3n) is 2.39. The topological polar surface area (TPSA) is 41.5 Å². The van der Waals surface area contributed by atoms with E-state index >= 15 is 0 Å². The van der Waals surface area contributed by atoms with E-state index in [4.69, 9.17) is 5.11 Å². The minimum atomic E-state index is -2.24. The van der Waals surface area contributed by atoms with E-state index in [1.54, 1.807) is 13.8 Å². The van der Waals surface area contributed by atoms with Crippen LogP contribution in [0.4, 0.5) is 22.0 Å². The molecule has 0 amide bonds. The fraction of sp³-hybridized carbons (Fsp3) is 0.500. The molecule has 0 saturated heterocycles. The largest absolute Gasteiger partial charge is 0.486 e. The molecule has 1 aromatic rings. The minimum absolute atomic E-state index is 0.0628. The normalized spacial score (nSPS) is 12.8. The van der Waals surface area contributed by atoms with Gasteiger partial charge in [0, 0.05) is 6.04 Å². The quantitative estimate of drug-likeness (QED) is 0.480. The van der Waals surface area contributed by atoms with Gasteiger partial charge in [-0.1, -0.05) is 13.8 Å². The summed E-state index contributed by atoms with van der Waals surface area (Å²) in [6.45, 7) is 2.63. The summed E-state index contributed by atoms with van der Waals surface area (Å²) >= 11 is 0. The molecule has 0 aliphatic rings. The molecule has 0 aliphatic heterocycles. The van der Waals surface area contributed by atoms with E-state index in [0.717, 1.165) is 0 Å². The van der Waals surface area contributed by atoms with Gasteiger partial charge in [-0.3, -0.25) is 0 Å². The van der Waals surface area contributed by atoms with Crippen molar-refractivity contribution in [1.29, 1.82) is 0 Å². The average molecular weight is 299 g/mol. The van der Waals surface area contributed by atoms with E-state index in [0.29, 0.717) is 0 Å². The fourth-order valence-corrected chi connectivity index (χ4v) is 1.52. The Hall–Kier alpha value is -1.41. The lowest BCUT2D eigenvalue weighted by Gasteiger charge is -2.20. The maximum Gasteiger partial charge on any atom is 0.206 e. The molecular weight excluding hydrogens is 285 g/mol. The Morgan fingerprint density at radius 3 is 1.80 bits per heavy atom. The van der Waals surface area contributed by atoms with Crippen LogP contribution in [0.3, 0.4) is 0 Å². The highest BCUT2D eigenvalue weighted by Gasteiger charge is 2.27. The fourth-order valence-electron chi connectivity index (χ4n) is 1.52. The molecule has 0 heterocycles. The van der Waals surface area contributed by atoms with Crippen molar-refractivity contribution in [2.45, 2.75) is 25.9 Å². The van der Waals surface area contributed by atoms with Gasteiger partial charge < -0.3 is 15.2 Å². The number of nitrogens with one attached hydrogen (secondary N) is 1. The van der Waals surface area contributed by atoms with Crippen molar-refractivity contribution in [2.75, 3.05) is 13.2 Å². The molecule has 2 N–H and O–H groups in total. The third kappa shape index (κ3) is 3.57. The van der Waals surface area contributed by atoms with Gasteiger partial charge in [-0.25, -0.2) is 13.2 Å². The highest BCUT2D eigenvalue weighted by Crippen LogP contribution is 2.29. The molecule has 1 rings (SSSR count). The molecule has 114 valence electrons. The van der Waals surface area contributed by atoms with Gasteiger partial charge in [0.2, 0.25) is 29.1 Å². The Kier molecular flexibility index (Phi) is 5.70. The summed E-state index contributed by atoms with van der Waals surface area (Å²) in [5.74, 6) is -11.8. The lowest BCUT2D eigenvalue weighted by molar-refractivity contribution is 0.166. The first-order valence-corrected chi connectivity index (χ1v) is 5.80. The van der Waals surface area contributed by atoms with Crippen molar-refractivity contribution >= 4 is 0 Å². The van der Waals surface area contributed by atoms with Crippen molar-refractivity contribution in [3.8, 4) is 5.75 Å². The van der Waals surface area contributed by atoms with Crippen LogP contribution in [0.25, 0.3) is 0 Å². The zero-order chi connectivity index (χ0) is 15.4. The lowest BCUT2D eigenvalue weighted by atomic mass is 10.2. The predicted molar refractivity (Wildman–Crippen MR) is 60.9 cm³/mol. The van der Waals surface area contributed by atoms with E-state index in [2.05, 4.69) is 10.1 Å². The minimum Gasteiger partial charge on any atom is -0.486 e. The summed E-state index contributed by atoms with van der Waals surface area (Å²) in [6.07, 6.45) is 0. The van der Waals surface area contributed by atoms with E-state index in [9.17, 15) is 22.0 Å².